The minimum atomic E-state index is -0.145. The molecule has 0 saturated carbocycles. The Bertz CT molecular complexity index is 876. The lowest BCUT2D eigenvalue weighted by molar-refractivity contribution is 0.138. The quantitative estimate of drug-likeness (QED) is 0.705. The molecule has 24 heavy (non-hydrogen) atoms. The third kappa shape index (κ3) is 2.95. The molecule has 0 atom stereocenters. The maximum absolute atomic E-state index is 6.01. The summed E-state index contributed by atoms with van der Waals surface area (Å²) in [5.74, 6) is 2.20. The average Bonchev–Trinajstić information content (AvgIpc) is 2.89. The molecule has 0 amide bonds. The first-order valence-corrected chi connectivity index (χ1v) is 7.96. The first kappa shape index (κ1) is 14.7. The summed E-state index contributed by atoms with van der Waals surface area (Å²) in [4.78, 5) is 8.56. The van der Waals surface area contributed by atoms with Gasteiger partial charge in [-0.05, 0) is 37.6 Å². The zero-order valence-corrected chi connectivity index (χ0v) is 13.7. The average molecular weight is 318 g/mol. The fraction of sp³-hybridized carbons (Fsp3) is 0.200. The Morgan fingerprint density at radius 1 is 1.00 bits per heavy atom. The van der Waals surface area contributed by atoms with E-state index in [-0.39, 0.29) is 5.60 Å². The molecule has 3 aromatic rings. The van der Waals surface area contributed by atoms with Crippen LogP contribution in [-0.2, 0) is 6.42 Å². The molecule has 0 spiro atoms. The molecule has 0 unspecified atom stereocenters. The van der Waals surface area contributed by atoms with Crippen LogP contribution in [-0.4, -0.2) is 15.6 Å². The van der Waals surface area contributed by atoms with E-state index in [1.165, 1.54) is 11.9 Å². The van der Waals surface area contributed by atoms with E-state index in [1.807, 2.05) is 42.5 Å². The summed E-state index contributed by atoms with van der Waals surface area (Å²) in [7, 11) is 0. The van der Waals surface area contributed by atoms with E-state index >= 15 is 0 Å². The van der Waals surface area contributed by atoms with Gasteiger partial charge in [-0.15, -0.1) is 0 Å². The van der Waals surface area contributed by atoms with Gasteiger partial charge in [-0.25, -0.2) is 9.97 Å². The molecule has 0 bridgehead atoms. The molecule has 120 valence electrons. The second kappa shape index (κ2) is 5.64. The van der Waals surface area contributed by atoms with Crippen molar-refractivity contribution in [2.24, 2.45) is 0 Å². The number of ether oxygens (including phenoxy) is 2. The van der Waals surface area contributed by atoms with Gasteiger partial charge in [0.05, 0.1) is 5.69 Å². The number of rotatable bonds is 3. The highest BCUT2D eigenvalue weighted by molar-refractivity contribution is 5.64. The van der Waals surface area contributed by atoms with Crippen LogP contribution in [0.15, 0.2) is 60.9 Å². The van der Waals surface area contributed by atoms with Crippen molar-refractivity contribution in [1.82, 2.24) is 9.97 Å². The monoisotopic (exact) mass is 318 g/mol. The van der Waals surface area contributed by atoms with Crippen LogP contribution in [0.2, 0.25) is 0 Å². The van der Waals surface area contributed by atoms with Gasteiger partial charge >= 0.3 is 0 Å². The van der Waals surface area contributed by atoms with Crippen LogP contribution in [0.25, 0.3) is 11.3 Å². The van der Waals surface area contributed by atoms with Crippen molar-refractivity contribution in [3.05, 3.63) is 66.5 Å². The third-order valence-corrected chi connectivity index (χ3v) is 3.97. The van der Waals surface area contributed by atoms with Gasteiger partial charge in [-0.1, -0.05) is 30.3 Å². The van der Waals surface area contributed by atoms with Crippen LogP contribution in [0.3, 0.4) is 0 Å². The summed E-state index contributed by atoms with van der Waals surface area (Å²) in [5, 5.41) is 0. The smallest absolute Gasteiger partial charge is 0.222 e. The van der Waals surface area contributed by atoms with Crippen molar-refractivity contribution >= 4 is 0 Å². The highest BCUT2D eigenvalue weighted by Gasteiger charge is 2.30. The zero-order valence-electron chi connectivity index (χ0n) is 13.7. The molecule has 1 aromatic heterocycles. The maximum atomic E-state index is 6.01. The van der Waals surface area contributed by atoms with E-state index in [0.717, 1.165) is 29.2 Å². The van der Waals surface area contributed by atoms with Crippen LogP contribution < -0.4 is 9.47 Å². The molecular formula is C20H18N2O2. The van der Waals surface area contributed by atoms with E-state index in [9.17, 15) is 0 Å². The highest BCUT2D eigenvalue weighted by Crippen LogP contribution is 2.37. The Balaban J connectivity index is 1.63. The fourth-order valence-electron chi connectivity index (χ4n) is 2.91. The molecule has 0 N–H and O–H groups in total. The van der Waals surface area contributed by atoms with Crippen molar-refractivity contribution in [3.63, 3.8) is 0 Å². The predicted octanol–water partition coefficient (Wildman–Crippen LogP) is 4.65. The Kier molecular flexibility index (Phi) is 3.45. The Morgan fingerprint density at radius 2 is 1.83 bits per heavy atom. The molecule has 4 nitrogen and oxygen atoms in total. The lowest BCUT2D eigenvalue weighted by Crippen LogP contribution is -2.24. The van der Waals surface area contributed by atoms with Crippen LogP contribution in [0.4, 0.5) is 0 Å². The maximum Gasteiger partial charge on any atom is 0.222 e. The van der Waals surface area contributed by atoms with E-state index in [0.29, 0.717) is 5.88 Å². The number of para-hydroxylation sites is 1. The van der Waals surface area contributed by atoms with Crippen molar-refractivity contribution in [2.75, 3.05) is 0 Å². The summed E-state index contributed by atoms with van der Waals surface area (Å²) in [6.07, 6.45) is 2.44. The van der Waals surface area contributed by atoms with Gasteiger partial charge < -0.3 is 9.47 Å². The lowest BCUT2D eigenvalue weighted by atomic mass is 10.0. The normalized spacial score (nSPS) is 14.8. The molecule has 0 fully saturated rings. The third-order valence-electron chi connectivity index (χ3n) is 3.97. The lowest BCUT2D eigenvalue weighted by Gasteiger charge is -2.16. The number of nitrogens with zero attached hydrogens (tertiary/aromatic N) is 2. The van der Waals surface area contributed by atoms with Crippen LogP contribution in [0, 0.1) is 0 Å². The van der Waals surface area contributed by atoms with Gasteiger partial charge in [0.15, 0.2) is 0 Å². The van der Waals surface area contributed by atoms with Crippen molar-refractivity contribution in [2.45, 2.75) is 25.9 Å². The standard InChI is InChI=1S/C20H18N2O2/c1-20(2)12-15-9-8-14(10-18(15)24-20)17-11-19(22-13-21-17)23-16-6-4-3-5-7-16/h3-11,13H,12H2,1-2H3. The number of aromatic nitrogens is 2. The molecule has 2 heterocycles. The van der Waals surface area contributed by atoms with Crippen LogP contribution in [0.1, 0.15) is 19.4 Å². The Labute approximate surface area is 141 Å². The Hall–Kier alpha value is -2.88. The van der Waals surface area contributed by atoms with Crippen molar-refractivity contribution in [1.29, 1.82) is 0 Å². The predicted molar refractivity (Wildman–Crippen MR) is 92.4 cm³/mol. The van der Waals surface area contributed by atoms with Gasteiger partial charge in [0.25, 0.3) is 0 Å². The van der Waals surface area contributed by atoms with Crippen molar-refractivity contribution in [3.8, 4) is 28.6 Å². The molecule has 0 saturated heterocycles. The second-order valence-electron chi connectivity index (χ2n) is 6.52. The summed E-state index contributed by atoms with van der Waals surface area (Å²) in [6.45, 7) is 4.20. The highest BCUT2D eigenvalue weighted by atomic mass is 16.5. The van der Waals surface area contributed by atoms with E-state index < -0.39 is 0 Å². The fourth-order valence-corrected chi connectivity index (χ4v) is 2.91. The minimum Gasteiger partial charge on any atom is -0.487 e. The zero-order chi connectivity index (χ0) is 16.6. The van der Waals surface area contributed by atoms with Gasteiger partial charge in [-0.2, -0.15) is 0 Å². The SMILES string of the molecule is CC1(C)Cc2ccc(-c3cc(Oc4ccccc4)ncn3)cc2O1. The van der Waals surface area contributed by atoms with Gasteiger partial charge in [0.2, 0.25) is 5.88 Å². The van der Waals surface area contributed by atoms with E-state index in [2.05, 4.69) is 35.9 Å². The number of hydrogen-bond donors (Lipinski definition) is 0. The van der Waals surface area contributed by atoms with Crippen LogP contribution in [0.5, 0.6) is 17.4 Å². The number of benzene rings is 2. The molecule has 4 heteroatoms. The van der Waals surface area contributed by atoms with Crippen molar-refractivity contribution < 1.29 is 9.47 Å². The summed E-state index contributed by atoms with van der Waals surface area (Å²) in [5.41, 5.74) is 2.89. The molecule has 0 aliphatic carbocycles. The largest absolute Gasteiger partial charge is 0.487 e. The molecule has 0 radical (unpaired) electrons. The number of fused-ring (bicyclic) bond motifs is 1. The topological polar surface area (TPSA) is 44.2 Å². The molecule has 1 aliphatic rings. The first-order chi connectivity index (χ1) is 11.6. The van der Waals surface area contributed by atoms with Crippen LogP contribution >= 0.6 is 0 Å². The second-order valence-corrected chi connectivity index (χ2v) is 6.52. The molecule has 4 rings (SSSR count). The van der Waals surface area contributed by atoms with Gasteiger partial charge in [0, 0.05) is 18.1 Å². The molecular weight excluding hydrogens is 300 g/mol. The molecule has 1 aliphatic heterocycles. The summed E-state index contributed by atoms with van der Waals surface area (Å²) < 4.78 is 11.8. The molecule has 2 aromatic carbocycles. The van der Waals surface area contributed by atoms with Gasteiger partial charge in [0.1, 0.15) is 23.4 Å². The summed E-state index contributed by atoms with van der Waals surface area (Å²) in [6, 6.07) is 17.7. The number of hydrogen-bond acceptors (Lipinski definition) is 4. The van der Waals surface area contributed by atoms with E-state index in [4.69, 9.17) is 9.47 Å². The van der Waals surface area contributed by atoms with E-state index in [1.54, 1.807) is 0 Å². The first-order valence-electron chi connectivity index (χ1n) is 7.96. The van der Waals surface area contributed by atoms with Gasteiger partial charge in [-0.3, -0.25) is 0 Å². The minimum absolute atomic E-state index is 0.145. The Morgan fingerprint density at radius 3 is 2.67 bits per heavy atom. The summed E-state index contributed by atoms with van der Waals surface area (Å²) >= 11 is 0.